The van der Waals surface area contributed by atoms with Crippen LogP contribution in [0.4, 0.5) is 4.39 Å². The molecule has 2 heterocycles. The molecule has 8 heteroatoms. The maximum absolute atomic E-state index is 13.2. The van der Waals surface area contributed by atoms with Gasteiger partial charge in [-0.3, -0.25) is 14.6 Å². The van der Waals surface area contributed by atoms with Crippen molar-refractivity contribution < 1.29 is 13.9 Å². The second-order valence-corrected chi connectivity index (χ2v) is 7.32. The topological polar surface area (TPSA) is 86.1 Å². The lowest BCUT2D eigenvalue weighted by Gasteiger charge is -2.16. The van der Waals surface area contributed by atoms with Crippen molar-refractivity contribution in [2.24, 2.45) is 0 Å². The van der Waals surface area contributed by atoms with Crippen molar-refractivity contribution in [3.63, 3.8) is 0 Å². The first-order valence-electron chi connectivity index (χ1n) is 10.3. The summed E-state index contributed by atoms with van der Waals surface area (Å²) in [6.07, 6.45) is 1.71. The Balaban J connectivity index is 1.46. The van der Waals surface area contributed by atoms with Crippen molar-refractivity contribution in [3.05, 3.63) is 118 Å². The van der Waals surface area contributed by atoms with Gasteiger partial charge in [-0.2, -0.15) is 9.78 Å². The number of halogens is 1. The molecule has 33 heavy (non-hydrogen) atoms. The van der Waals surface area contributed by atoms with Gasteiger partial charge < -0.3 is 10.1 Å². The highest BCUT2D eigenvalue weighted by Crippen LogP contribution is 2.20. The number of carbonyl (C=O) groups is 1. The van der Waals surface area contributed by atoms with E-state index in [-0.39, 0.29) is 11.7 Å². The number of hydrogen-bond acceptors (Lipinski definition) is 5. The Morgan fingerprint density at radius 1 is 1.06 bits per heavy atom. The molecule has 2 aromatic heterocycles. The van der Waals surface area contributed by atoms with E-state index in [9.17, 15) is 14.0 Å². The number of carbonyl (C=O) groups excluding carboxylic acids is 1. The van der Waals surface area contributed by atoms with Gasteiger partial charge in [0.25, 0.3) is 11.5 Å². The molecule has 1 amide bonds. The molecule has 0 saturated carbocycles. The van der Waals surface area contributed by atoms with Gasteiger partial charge in [-0.1, -0.05) is 18.2 Å². The third-order valence-electron chi connectivity index (χ3n) is 4.92. The van der Waals surface area contributed by atoms with Gasteiger partial charge in [-0.05, 0) is 67.1 Å². The zero-order chi connectivity index (χ0) is 23.2. The smallest absolute Gasteiger partial charge is 0.272 e. The molecule has 4 rings (SSSR count). The highest BCUT2D eigenvalue weighted by atomic mass is 19.1. The number of ether oxygens (including phenoxy) is 1. The first-order valence-corrected chi connectivity index (χ1v) is 10.3. The van der Waals surface area contributed by atoms with Crippen molar-refractivity contribution in [1.29, 1.82) is 0 Å². The Bertz CT molecular complexity index is 1310. The fraction of sp³-hybridized carbons (Fsp3) is 0.120. The summed E-state index contributed by atoms with van der Waals surface area (Å²) in [7, 11) is 0. The molecule has 0 saturated heterocycles. The summed E-state index contributed by atoms with van der Waals surface area (Å²) in [4.78, 5) is 29.2. The number of aromatic nitrogens is 3. The minimum absolute atomic E-state index is 0.0633. The number of hydrogen-bond donors (Lipinski definition) is 1. The highest BCUT2D eigenvalue weighted by molar-refractivity contribution is 5.92. The number of amides is 1. The summed E-state index contributed by atoms with van der Waals surface area (Å²) in [5.41, 5.74) is 1.65. The fourth-order valence-corrected chi connectivity index (χ4v) is 3.17. The van der Waals surface area contributed by atoms with Gasteiger partial charge in [0.2, 0.25) is 0 Å². The van der Waals surface area contributed by atoms with Crippen LogP contribution in [-0.2, 0) is 6.61 Å². The molecule has 0 fully saturated rings. The molecule has 166 valence electrons. The van der Waals surface area contributed by atoms with E-state index in [0.29, 0.717) is 18.0 Å². The number of pyridine rings is 1. The Hall–Kier alpha value is -4.33. The molecule has 0 bridgehead atoms. The van der Waals surface area contributed by atoms with Gasteiger partial charge in [-0.25, -0.2) is 4.39 Å². The summed E-state index contributed by atoms with van der Waals surface area (Å²) < 4.78 is 20.1. The van der Waals surface area contributed by atoms with Crippen molar-refractivity contribution >= 4 is 5.91 Å². The van der Waals surface area contributed by atoms with Crippen LogP contribution in [0, 0.1) is 5.82 Å². The normalized spacial score (nSPS) is 11.6. The van der Waals surface area contributed by atoms with E-state index >= 15 is 0 Å². The maximum Gasteiger partial charge on any atom is 0.272 e. The number of nitrogens with zero attached hydrogens (tertiary/aromatic N) is 3. The van der Waals surface area contributed by atoms with Crippen LogP contribution in [0.25, 0.3) is 5.69 Å². The largest absolute Gasteiger partial charge is 0.487 e. The molecule has 7 nitrogen and oxygen atoms in total. The number of rotatable bonds is 7. The Kier molecular flexibility index (Phi) is 6.54. The van der Waals surface area contributed by atoms with Crippen molar-refractivity contribution in [2.45, 2.75) is 19.6 Å². The van der Waals surface area contributed by atoms with E-state index in [1.54, 1.807) is 6.20 Å². The van der Waals surface area contributed by atoms with Crippen LogP contribution in [0.5, 0.6) is 5.75 Å². The third kappa shape index (κ3) is 5.48. The molecule has 0 aliphatic heterocycles. The van der Waals surface area contributed by atoms with Crippen LogP contribution in [0.2, 0.25) is 0 Å². The summed E-state index contributed by atoms with van der Waals surface area (Å²) >= 11 is 0. The van der Waals surface area contributed by atoms with E-state index in [0.717, 1.165) is 15.9 Å². The van der Waals surface area contributed by atoms with Gasteiger partial charge in [0.05, 0.1) is 17.4 Å². The monoisotopic (exact) mass is 444 g/mol. The number of nitrogens with one attached hydrogen (secondary N) is 1. The Morgan fingerprint density at radius 3 is 2.64 bits per heavy atom. The second kappa shape index (κ2) is 9.86. The third-order valence-corrected chi connectivity index (χ3v) is 4.92. The molecule has 1 N–H and O–H groups in total. The molecular weight excluding hydrogens is 423 g/mol. The molecule has 0 spiro atoms. The van der Waals surface area contributed by atoms with Crippen LogP contribution in [0.15, 0.2) is 89.9 Å². The molecule has 1 atom stereocenters. The second-order valence-electron chi connectivity index (χ2n) is 7.32. The molecule has 0 aliphatic carbocycles. The summed E-state index contributed by atoms with van der Waals surface area (Å²) in [6.45, 7) is 2.17. The first-order chi connectivity index (χ1) is 16.0. The van der Waals surface area contributed by atoms with Gasteiger partial charge in [0.15, 0.2) is 0 Å². The Labute approximate surface area is 189 Å². The van der Waals surface area contributed by atoms with E-state index in [1.165, 1.54) is 36.4 Å². The van der Waals surface area contributed by atoms with Gasteiger partial charge >= 0.3 is 0 Å². The predicted molar refractivity (Wildman–Crippen MR) is 121 cm³/mol. The summed E-state index contributed by atoms with van der Waals surface area (Å²) in [5.74, 6) is -0.221. The molecule has 2 aromatic carbocycles. The average Bonchev–Trinajstić information content (AvgIpc) is 2.84. The summed E-state index contributed by atoms with van der Waals surface area (Å²) in [5, 5.41) is 7.01. The Morgan fingerprint density at radius 2 is 1.88 bits per heavy atom. The molecule has 1 unspecified atom stereocenters. The molecule has 0 aliphatic rings. The van der Waals surface area contributed by atoms with Crippen molar-refractivity contribution in [1.82, 2.24) is 20.1 Å². The van der Waals surface area contributed by atoms with E-state index in [4.69, 9.17) is 4.74 Å². The zero-order valence-electron chi connectivity index (χ0n) is 17.8. The molecule has 4 aromatic rings. The minimum atomic E-state index is -0.446. The SMILES string of the molecule is CC(NC(=O)c1ccc(=O)n(-c2ccc(F)cc2)n1)c1cccc(OCc2ccccn2)c1. The van der Waals surface area contributed by atoms with Crippen molar-refractivity contribution in [2.75, 3.05) is 0 Å². The highest BCUT2D eigenvalue weighted by Gasteiger charge is 2.15. The van der Waals surface area contributed by atoms with Crippen LogP contribution >= 0.6 is 0 Å². The minimum Gasteiger partial charge on any atom is -0.487 e. The first kappa shape index (κ1) is 21.9. The standard InChI is InChI=1S/C25H21FN4O3/c1-17(18-5-4-7-22(15-18)33-16-20-6-2-3-14-27-20)28-25(32)23-12-13-24(31)30(29-23)21-10-8-19(26)9-11-21/h2-15,17H,16H2,1H3,(H,28,32). The van der Waals surface area contributed by atoms with Gasteiger partial charge in [0.1, 0.15) is 23.9 Å². The lowest BCUT2D eigenvalue weighted by Crippen LogP contribution is -2.30. The van der Waals surface area contributed by atoms with Crippen LogP contribution in [0.3, 0.4) is 0 Å². The van der Waals surface area contributed by atoms with Gasteiger partial charge in [-0.15, -0.1) is 0 Å². The van der Waals surface area contributed by atoms with Crippen LogP contribution in [0.1, 0.15) is 34.7 Å². The zero-order valence-corrected chi connectivity index (χ0v) is 17.8. The van der Waals surface area contributed by atoms with E-state index in [1.807, 2.05) is 49.4 Å². The fourth-order valence-electron chi connectivity index (χ4n) is 3.17. The number of benzene rings is 2. The lowest BCUT2D eigenvalue weighted by atomic mass is 10.1. The van der Waals surface area contributed by atoms with Crippen LogP contribution < -0.4 is 15.6 Å². The molecule has 0 radical (unpaired) electrons. The lowest BCUT2D eigenvalue weighted by molar-refractivity contribution is 0.0933. The van der Waals surface area contributed by atoms with E-state index in [2.05, 4.69) is 15.4 Å². The van der Waals surface area contributed by atoms with Gasteiger partial charge in [0, 0.05) is 12.3 Å². The summed E-state index contributed by atoms with van der Waals surface area (Å²) in [6, 6.07) is 20.6. The van der Waals surface area contributed by atoms with Crippen molar-refractivity contribution in [3.8, 4) is 11.4 Å². The van der Waals surface area contributed by atoms with E-state index < -0.39 is 17.3 Å². The van der Waals surface area contributed by atoms with Crippen LogP contribution in [-0.4, -0.2) is 20.7 Å². The molecular formula is C25H21FN4O3. The quantitative estimate of drug-likeness (QED) is 0.468. The average molecular weight is 444 g/mol. The maximum atomic E-state index is 13.2. The predicted octanol–water partition coefficient (Wildman–Crippen LogP) is 3.84.